The Hall–Kier alpha value is -4.97. The molecule has 0 N–H and O–H groups in total. The molecule has 69 heavy (non-hydrogen) atoms. The van der Waals surface area contributed by atoms with Gasteiger partial charge in [0.2, 0.25) is 0 Å². The summed E-state index contributed by atoms with van der Waals surface area (Å²) < 4.78 is 16.7. The van der Waals surface area contributed by atoms with Crippen LogP contribution in [0, 0.1) is 0 Å². The maximum Gasteiger partial charge on any atom is 0.306 e. The quantitative estimate of drug-likeness (QED) is 0.0199. The molecule has 0 amide bonds. The van der Waals surface area contributed by atoms with Gasteiger partial charge in [-0.25, -0.2) is 0 Å². The molecule has 0 heterocycles. The van der Waals surface area contributed by atoms with Gasteiger partial charge >= 0.3 is 17.9 Å². The van der Waals surface area contributed by atoms with Crippen molar-refractivity contribution in [1.29, 1.82) is 0 Å². The highest BCUT2D eigenvalue weighted by Crippen LogP contribution is 2.11. The molecule has 0 saturated heterocycles. The first-order valence-electron chi connectivity index (χ1n) is 27.0. The van der Waals surface area contributed by atoms with E-state index in [1.807, 2.05) is 24.3 Å². The minimum atomic E-state index is -0.839. The zero-order valence-corrected chi connectivity index (χ0v) is 43.8. The monoisotopic (exact) mass is 949 g/mol. The van der Waals surface area contributed by atoms with Gasteiger partial charge in [-0.15, -0.1) is 0 Å². The third-order valence-corrected chi connectivity index (χ3v) is 10.6. The molecule has 0 aromatic heterocycles. The van der Waals surface area contributed by atoms with E-state index in [2.05, 4.69) is 154 Å². The number of hydrogen-bond acceptors (Lipinski definition) is 6. The molecule has 0 aliphatic heterocycles. The van der Waals surface area contributed by atoms with Gasteiger partial charge in [0.15, 0.2) is 6.10 Å². The number of allylic oxidation sites excluding steroid dienone is 26. The number of carbonyl (C=O) groups is 3. The molecule has 1 atom stereocenters. The molecule has 0 aliphatic rings. The Morgan fingerprint density at radius 3 is 1.12 bits per heavy atom. The Bertz CT molecular complexity index is 1610. The van der Waals surface area contributed by atoms with Crippen molar-refractivity contribution in [2.45, 2.75) is 207 Å². The summed E-state index contributed by atoms with van der Waals surface area (Å²) in [6.07, 6.45) is 80.8. The van der Waals surface area contributed by atoms with Crippen molar-refractivity contribution >= 4 is 17.9 Å². The first-order valence-corrected chi connectivity index (χ1v) is 27.0. The number of ether oxygens (including phenoxy) is 3. The Labute approximate surface area is 422 Å². The van der Waals surface area contributed by atoms with E-state index in [9.17, 15) is 14.4 Å². The van der Waals surface area contributed by atoms with Gasteiger partial charge in [0.25, 0.3) is 0 Å². The van der Waals surface area contributed by atoms with Crippen LogP contribution in [0.15, 0.2) is 158 Å². The van der Waals surface area contributed by atoms with Gasteiger partial charge in [0.05, 0.1) is 0 Å². The average Bonchev–Trinajstić information content (AvgIpc) is 3.35. The highest BCUT2D eigenvalue weighted by atomic mass is 16.6. The van der Waals surface area contributed by atoms with Crippen LogP contribution in [0.5, 0.6) is 0 Å². The molecule has 1 unspecified atom stereocenters. The fourth-order valence-electron chi connectivity index (χ4n) is 6.59. The molecular weight excluding hydrogens is 853 g/mol. The van der Waals surface area contributed by atoms with Gasteiger partial charge in [-0.05, 0) is 122 Å². The summed E-state index contributed by atoms with van der Waals surface area (Å²) in [5, 5.41) is 0. The highest BCUT2D eigenvalue weighted by Gasteiger charge is 2.19. The highest BCUT2D eigenvalue weighted by molar-refractivity contribution is 5.71. The minimum absolute atomic E-state index is 0.131. The lowest BCUT2D eigenvalue weighted by Crippen LogP contribution is -2.30. The number of unbranched alkanes of at least 4 members (excludes halogenated alkanes) is 12. The van der Waals surface area contributed by atoms with Gasteiger partial charge in [0.1, 0.15) is 13.2 Å². The average molecular weight is 949 g/mol. The van der Waals surface area contributed by atoms with Crippen molar-refractivity contribution in [2.75, 3.05) is 13.2 Å². The van der Waals surface area contributed by atoms with Gasteiger partial charge < -0.3 is 14.2 Å². The smallest absolute Gasteiger partial charge is 0.306 e. The summed E-state index contributed by atoms with van der Waals surface area (Å²) in [4.78, 5) is 38.1. The summed E-state index contributed by atoms with van der Waals surface area (Å²) in [5.74, 6) is -1.05. The van der Waals surface area contributed by atoms with Gasteiger partial charge in [-0.2, -0.15) is 0 Å². The van der Waals surface area contributed by atoms with Crippen molar-refractivity contribution in [3.8, 4) is 0 Å². The lowest BCUT2D eigenvalue weighted by Gasteiger charge is -2.18. The molecule has 0 saturated carbocycles. The van der Waals surface area contributed by atoms with Crippen molar-refractivity contribution in [3.05, 3.63) is 158 Å². The second-order valence-corrected chi connectivity index (χ2v) is 17.1. The molecule has 0 aromatic rings. The van der Waals surface area contributed by atoms with E-state index < -0.39 is 6.10 Å². The third kappa shape index (κ3) is 53.8. The molecule has 0 aliphatic carbocycles. The Balaban J connectivity index is 4.61. The topological polar surface area (TPSA) is 78.9 Å². The summed E-state index contributed by atoms with van der Waals surface area (Å²) in [6.45, 7) is 6.24. The maximum atomic E-state index is 12.8. The largest absolute Gasteiger partial charge is 0.462 e. The maximum absolute atomic E-state index is 12.8. The SMILES string of the molecule is CC\C=C/C=C\C=C/C=C\CCCCCCCC(=O)OCC(COC(=O)CCCCC/C=C\C/C=C\C/C=C\C/C=C\C/C=C\CC)OC(=O)CCC/C=C\C/C=C\C/C=C\C/C=C\CCCCC. The summed E-state index contributed by atoms with van der Waals surface area (Å²) in [5.41, 5.74) is 0. The molecule has 0 bridgehead atoms. The predicted octanol–water partition coefficient (Wildman–Crippen LogP) is 18.2. The summed E-state index contributed by atoms with van der Waals surface area (Å²) >= 11 is 0. The van der Waals surface area contributed by atoms with Gasteiger partial charge in [0, 0.05) is 19.3 Å². The van der Waals surface area contributed by atoms with Crippen LogP contribution in [0.3, 0.4) is 0 Å². The number of esters is 3. The fourth-order valence-corrected chi connectivity index (χ4v) is 6.59. The van der Waals surface area contributed by atoms with Crippen LogP contribution < -0.4 is 0 Å². The van der Waals surface area contributed by atoms with Crippen LogP contribution in [0.25, 0.3) is 0 Å². The molecule has 6 nitrogen and oxygen atoms in total. The zero-order valence-electron chi connectivity index (χ0n) is 43.8. The second kappa shape index (κ2) is 55.6. The zero-order chi connectivity index (χ0) is 50.0. The molecule has 0 radical (unpaired) electrons. The van der Waals surface area contributed by atoms with Crippen LogP contribution in [-0.4, -0.2) is 37.2 Å². The van der Waals surface area contributed by atoms with E-state index in [0.717, 1.165) is 128 Å². The molecule has 0 aromatic carbocycles. The second-order valence-electron chi connectivity index (χ2n) is 17.1. The van der Waals surface area contributed by atoms with E-state index in [1.54, 1.807) is 0 Å². The Morgan fingerprint density at radius 2 is 0.652 bits per heavy atom. The van der Waals surface area contributed by atoms with E-state index in [1.165, 1.54) is 25.7 Å². The molecule has 0 rings (SSSR count). The van der Waals surface area contributed by atoms with Crippen LogP contribution >= 0.6 is 0 Å². The first kappa shape index (κ1) is 64.0. The lowest BCUT2D eigenvalue weighted by atomic mass is 10.1. The molecular formula is C63H96O6. The normalized spacial score (nSPS) is 13.4. The van der Waals surface area contributed by atoms with Crippen molar-refractivity contribution in [2.24, 2.45) is 0 Å². The van der Waals surface area contributed by atoms with Crippen molar-refractivity contribution in [3.63, 3.8) is 0 Å². The standard InChI is InChI=1S/C63H96O6/c1-4-7-10-13-16-19-22-25-28-30-31-33-35-38-41-44-47-50-53-56-62(65)68-59-60(58-67-61(64)55-52-49-46-43-40-37-34-27-24-21-18-15-12-9-6-3)69-63(66)57-54-51-48-45-42-39-36-32-29-26-23-20-17-14-11-8-5-2/h7,9-10,12,15-21,24-29,31,33-34,36,38-39,41,45,48,60H,4-6,8,11,13-14,22-23,30,32,35,37,40,42-44,46-47,49-59H2,1-3H3/b10-7-,12-9-,18-15-,19-16-,20-17-,24-21-,28-25-,29-26-,33-31-,34-27-,39-36-,41-38-,48-45-. The Kier molecular flexibility index (Phi) is 51.6. The predicted molar refractivity (Wildman–Crippen MR) is 297 cm³/mol. The molecule has 0 fully saturated rings. The van der Waals surface area contributed by atoms with Crippen LogP contribution in [0.1, 0.15) is 201 Å². The summed E-state index contributed by atoms with van der Waals surface area (Å²) in [7, 11) is 0. The van der Waals surface area contributed by atoms with E-state index >= 15 is 0 Å². The third-order valence-electron chi connectivity index (χ3n) is 10.6. The van der Waals surface area contributed by atoms with E-state index in [-0.39, 0.29) is 37.5 Å². The molecule has 384 valence electrons. The van der Waals surface area contributed by atoms with Crippen LogP contribution in [-0.2, 0) is 28.6 Å². The summed E-state index contributed by atoms with van der Waals surface area (Å²) in [6, 6.07) is 0. The lowest BCUT2D eigenvalue weighted by molar-refractivity contribution is -0.167. The van der Waals surface area contributed by atoms with Crippen molar-refractivity contribution in [1.82, 2.24) is 0 Å². The number of hydrogen-bond donors (Lipinski definition) is 0. The van der Waals surface area contributed by atoms with Crippen molar-refractivity contribution < 1.29 is 28.6 Å². The van der Waals surface area contributed by atoms with Gasteiger partial charge in [-0.3, -0.25) is 14.4 Å². The molecule has 0 spiro atoms. The van der Waals surface area contributed by atoms with E-state index in [0.29, 0.717) is 19.3 Å². The first-order chi connectivity index (χ1) is 34.0. The van der Waals surface area contributed by atoms with Crippen LogP contribution in [0.4, 0.5) is 0 Å². The fraction of sp³-hybridized carbons (Fsp3) is 0.540. The minimum Gasteiger partial charge on any atom is -0.462 e. The number of carbonyl (C=O) groups excluding carboxylic acids is 3. The van der Waals surface area contributed by atoms with Gasteiger partial charge in [-0.1, -0.05) is 217 Å². The Morgan fingerprint density at radius 1 is 0.319 bits per heavy atom. The number of rotatable bonds is 46. The van der Waals surface area contributed by atoms with E-state index in [4.69, 9.17) is 14.2 Å². The van der Waals surface area contributed by atoms with Crippen LogP contribution in [0.2, 0.25) is 0 Å². The molecule has 6 heteroatoms.